The maximum atomic E-state index is 12.5. The normalized spacial score (nSPS) is 27.2. The van der Waals surface area contributed by atoms with Crippen LogP contribution in [0.25, 0.3) is 0 Å². The monoisotopic (exact) mass is 358 g/mol. The van der Waals surface area contributed by atoms with Gasteiger partial charge in [0.2, 0.25) is 0 Å². The third-order valence-corrected chi connectivity index (χ3v) is 6.22. The summed E-state index contributed by atoms with van der Waals surface area (Å²) in [5, 5.41) is 8.73. The number of hydrogen-bond donors (Lipinski definition) is 1. The highest BCUT2D eigenvalue weighted by Gasteiger charge is 2.57. The minimum atomic E-state index is -0.175. The summed E-state index contributed by atoms with van der Waals surface area (Å²) in [5.41, 5.74) is 1.85. The molecular formula is C17H18N4O3S. The zero-order valence-corrected chi connectivity index (χ0v) is 14.6. The van der Waals surface area contributed by atoms with Crippen LogP contribution in [-0.4, -0.2) is 45.4 Å². The van der Waals surface area contributed by atoms with E-state index in [0.717, 1.165) is 24.3 Å². The fraction of sp³-hybridized carbons (Fsp3) is 0.529. The van der Waals surface area contributed by atoms with Crippen molar-refractivity contribution in [3.05, 3.63) is 34.2 Å². The van der Waals surface area contributed by atoms with Crippen LogP contribution in [0, 0.1) is 18.8 Å². The zero-order valence-electron chi connectivity index (χ0n) is 13.8. The van der Waals surface area contributed by atoms with Crippen LogP contribution in [0.1, 0.15) is 51.1 Å². The topological polar surface area (TPSA) is 88.3 Å². The van der Waals surface area contributed by atoms with Crippen LogP contribution in [-0.2, 0) is 0 Å². The van der Waals surface area contributed by atoms with Gasteiger partial charge >= 0.3 is 0 Å². The Morgan fingerprint density at radius 3 is 2.72 bits per heavy atom. The van der Waals surface area contributed by atoms with Crippen LogP contribution >= 0.6 is 11.5 Å². The first-order valence-corrected chi connectivity index (χ1v) is 9.43. The summed E-state index contributed by atoms with van der Waals surface area (Å²) in [5.74, 6) is 1.82. The molecule has 7 nitrogen and oxygen atoms in total. The molecule has 0 bridgehead atoms. The van der Waals surface area contributed by atoms with E-state index in [1.54, 1.807) is 6.07 Å². The van der Waals surface area contributed by atoms with Gasteiger partial charge in [-0.05, 0) is 31.3 Å². The number of carbonyl (C=O) groups is 2. The van der Waals surface area contributed by atoms with Crippen LogP contribution in [0.2, 0.25) is 0 Å². The fourth-order valence-corrected chi connectivity index (χ4v) is 4.44. The second-order valence-corrected chi connectivity index (χ2v) is 7.87. The maximum absolute atomic E-state index is 12.5. The molecule has 2 amide bonds. The molecule has 1 saturated heterocycles. The Labute approximate surface area is 148 Å². The van der Waals surface area contributed by atoms with E-state index >= 15 is 0 Å². The first kappa shape index (κ1) is 15.1. The number of nitrogens with one attached hydrogen (secondary N) is 1. The minimum Gasteiger partial charge on any atom is -0.360 e. The van der Waals surface area contributed by atoms with Crippen LogP contribution in [0.15, 0.2) is 16.0 Å². The molecule has 3 aliphatic rings. The molecule has 2 saturated carbocycles. The van der Waals surface area contributed by atoms with Crippen molar-refractivity contribution in [2.45, 2.75) is 31.7 Å². The third kappa shape index (κ3) is 2.55. The molecule has 2 atom stereocenters. The van der Waals surface area contributed by atoms with E-state index in [0.29, 0.717) is 42.1 Å². The van der Waals surface area contributed by atoms with E-state index < -0.39 is 0 Å². The predicted octanol–water partition coefficient (Wildman–Crippen LogP) is 1.82. The van der Waals surface area contributed by atoms with Crippen LogP contribution < -0.4 is 5.32 Å². The summed E-state index contributed by atoms with van der Waals surface area (Å²) in [7, 11) is 0. The maximum Gasteiger partial charge on any atom is 0.273 e. The van der Waals surface area contributed by atoms with Crippen molar-refractivity contribution in [2.24, 2.45) is 11.8 Å². The van der Waals surface area contributed by atoms with E-state index in [4.69, 9.17) is 4.52 Å². The smallest absolute Gasteiger partial charge is 0.273 e. The Balaban J connectivity index is 1.17. The van der Waals surface area contributed by atoms with Gasteiger partial charge in [-0.15, -0.1) is 0 Å². The summed E-state index contributed by atoms with van der Waals surface area (Å²) in [6, 6.07) is 1.90. The van der Waals surface area contributed by atoms with Gasteiger partial charge in [-0.1, -0.05) is 5.16 Å². The van der Waals surface area contributed by atoms with Crippen molar-refractivity contribution < 1.29 is 14.1 Å². The highest BCUT2D eigenvalue weighted by Crippen LogP contribution is 2.46. The van der Waals surface area contributed by atoms with Gasteiger partial charge in [0.1, 0.15) is 5.76 Å². The van der Waals surface area contributed by atoms with E-state index in [1.807, 2.05) is 17.2 Å². The quantitative estimate of drug-likeness (QED) is 0.901. The lowest BCUT2D eigenvalue weighted by molar-refractivity contribution is 0.0769. The number of amides is 2. The number of aryl methyl sites for hydroxylation is 1. The second kappa shape index (κ2) is 5.39. The van der Waals surface area contributed by atoms with E-state index in [1.165, 1.54) is 11.5 Å². The Morgan fingerprint density at radius 2 is 2.08 bits per heavy atom. The molecule has 2 aromatic heterocycles. The van der Waals surface area contributed by atoms with Gasteiger partial charge in [0.25, 0.3) is 11.8 Å². The number of piperidine rings is 1. The standard InChI is InChI=1S/C17H18N4O3S/c1-8-12(7-25-20-8)17(23)21-5-10-11(6-21)15(10)18-16(22)13-4-14(24-19-13)9-2-3-9/h4,7,9-11,15H,2-3,5-6H2,1H3,(H,18,22). The molecule has 0 spiro atoms. The van der Waals surface area contributed by atoms with Crippen molar-refractivity contribution in [1.82, 2.24) is 19.7 Å². The minimum absolute atomic E-state index is 0.0501. The van der Waals surface area contributed by atoms with Gasteiger partial charge in [0, 0.05) is 48.3 Å². The second-order valence-electron chi connectivity index (χ2n) is 7.24. The Kier molecular flexibility index (Phi) is 3.25. The molecule has 130 valence electrons. The summed E-state index contributed by atoms with van der Waals surface area (Å²) >= 11 is 1.31. The number of hydrogen-bond acceptors (Lipinski definition) is 6. The lowest BCUT2D eigenvalue weighted by atomic mass is 10.2. The van der Waals surface area contributed by atoms with Crippen molar-refractivity contribution in [3.8, 4) is 0 Å². The van der Waals surface area contributed by atoms with Crippen molar-refractivity contribution in [2.75, 3.05) is 13.1 Å². The zero-order chi connectivity index (χ0) is 17.1. The highest BCUT2D eigenvalue weighted by molar-refractivity contribution is 7.03. The number of nitrogens with zero attached hydrogens (tertiary/aromatic N) is 3. The molecule has 8 heteroatoms. The SMILES string of the molecule is Cc1nscc1C(=O)N1CC2C(C1)C2NC(=O)c1cc(C2CC2)on1. The molecule has 2 aromatic rings. The molecule has 0 radical (unpaired) electrons. The molecule has 5 rings (SSSR count). The fourth-order valence-electron chi connectivity index (χ4n) is 3.76. The summed E-state index contributed by atoms with van der Waals surface area (Å²) in [6.07, 6.45) is 2.23. The summed E-state index contributed by atoms with van der Waals surface area (Å²) < 4.78 is 9.41. The molecule has 1 aliphatic heterocycles. The van der Waals surface area contributed by atoms with Gasteiger partial charge in [-0.25, -0.2) is 0 Å². The molecule has 2 unspecified atom stereocenters. The molecule has 2 aliphatic carbocycles. The van der Waals surface area contributed by atoms with Gasteiger partial charge < -0.3 is 14.7 Å². The third-order valence-electron chi connectivity index (χ3n) is 5.50. The molecule has 1 N–H and O–H groups in total. The number of rotatable bonds is 4. The van der Waals surface area contributed by atoms with Gasteiger partial charge in [0.15, 0.2) is 5.69 Å². The Hall–Kier alpha value is -2.22. The largest absolute Gasteiger partial charge is 0.360 e. The van der Waals surface area contributed by atoms with Gasteiger partial charge in [-0.3, -0.25) is 9.59 Å². The molecule has 25 heavy (non-hydrogen) atoms. The van der Waals surface area contributed by atoms with Gasteiger partial charge in [-0.2, -0.15) is 4.37 Å². The van der Waals surface area contributed by atoms with Crippen LogP contribution in [0.5, 0.6) is 0 Å². The lowest BCUT2D eigenvalue weighted by Crippen LogP contribution is -2.37. The molecule has 0 aromatic carbocycles. The van der Waals surface area contributed by atoms with Crippen molar-refractivity contribution in [1.29, 1.82) is 0 Å². The number of likely N-dealkylation sites (tertiary alicyclic amines) is 1. The average molecular weight is 358 g/mol. The van der Waals surface area contributed by atoms with Crippen LogP contribution in [0.4, 0.5) is 0 Å². The van der Waals surface area contributed by atoms with E-state index in [9.17, 15) is 9.59 Å². The van der Waals surface area contributed by atoms with E-state index in [-0.39, 0.29) is 17.9 Å². The number of carbonyl (C=O) groups excluding carboxylic acids is 2. The Morgan fingerprint density at radius 1 is 1.32 bits per heavy atom. The van der Waals surface area contributed by atoms with Crippen LogP contribution in [0.3, 0.4) is 0 Å². The lowest BCUT2D eigenvalue weighted by Gasteiger charge is -2.19. The molecule has 3 heterocycles. The first-order chi connectivity index (χ1) is 12.1. The highest BCUT2D eigenvalue weighted by atomic mass is 32.1. The average Bonchev–Trinajstić information content (AvgIpc) is 3.33. The van der Waals surface area contributed by atoms with Crippen molar-refractivity contribution >= 4 is 23.3 Å². The van der Waals surface area contributed by atoms with Gasteiger partial charge in [0.05, 0.1) is 11.3 Å². The summed E-state index contributed by atoms with van der Waals surface area (Å²) in [4.78, 5) is 26.7. The van der Waals surface area contributed by atoms with Crippen molar-refractivity contribution in [3.63, 3.8) is 0 Å². The molecular weight excluding hydrogens is 340 g/mol. The first-order valence-electron chi connectivity index (χ1n) is 8.59. The van der Waals surface area contributed by atoms with E-state index in [2.05, 4.69) is 14.8 Å². The predicted molar refractivity (Wildman–Crippen MR) is 89.5 cm³/mol. The number of aromatic nitrogens is 2. The summed E-state index contributed by atoms with van der Waals surface area (Å²) in [6.45, 7) is 3.24. The Bertz CT molecular complexity index is 844. The number of fused-ring (bicyclic) bond motifs is 1. The molecule has 3 fully saturated rings.